The van der Waals surface area contributed by atoms with Gasteiger partial charge in [0, 0.05) is 42.8 Å². The number of methoxy groups -OCH3 is 1. The summed E-state index contributed by atoms with van der Waals surface area (Å²) in [4.78, 5) is 53.4. The Morgan fingerprint density at radius 2 is 1.18 bits per heavy atom. The minimum Gasteiger partial charge on any atom is -0.481 e. The normalized spacial score (nSPS) is 11.3. The van der Waals surface area contributed by atoms with E-state index >= 15 is 17.6 Å². The maximum atomic E-state index is 15.4. The van der Waals surface area contributed by atoms with Crippen molar-refractivity contribution in [2.75, 3.05) is 19.1 Å². The first-order chi connectivity index (χ1) is 27.6. The van der Waals surface area contributed by atoms with E-state index in [1.165, 1.54) is 62.6 Å². The molecule has 0 aliphatic carbocycles. The second kappa shape index (κ2) is 15.1. The third kappa shape index (κ3) is 7.27. The maximum Gasteiger partial charge on any atom is 0.263 e. The lowest BCUT2D eigenvalue weighted by Crippen LogP contribution is -2.23. The van der Waals surface area contributed by atoms with Gasteiger partial charge in [0.2, 0.25) is 5.88 Å². The fraction of sp³-hybridized carbons (Fsp3) is 0.122. The summed E-state index contributed by atoms with van der Waals surface area (Å²) in [5, 5.41) is 0.384. The van der Waals surface area contributed by atoms with Crippen LogP contribution in [0.3, 0.4) is 0 Å². The molecule has 0 amide bonds. The highest BCUT2D eigenvalue weighted by atomic mass is 19.1. The predicted molar refractivity (Wildman–Crippen MR) is 204 cm³/mol. The molecule has 0 aliphatic rings. The summed E-state index contributed by atoms with van der Waals surface area (Å²) in [5.41, 5.74) is 0.826. The topological polar surface area (TPSA) is 134 Å². The molecule has 0 N–H and O–H groups in total. The van der Waals surface area contributed by atoms with Crippen LogP contribution in [-0.4, -0.2) is 53.2 Å². The lowest BCUT2D eigenvalue weighted by Gasteiger charge is -2.19. The van der Waals surface area contributed by atoms with E-state index in [4.69, 9.17) is 4.74 Å². The van der Waals surface area contributed by atoms with Gasteiger partial charge in [-0.3, -0.25) is 18.7 Å². The predicted octanol–water partition coefficient (Wildman–Crippen LogP) is 6.32. The van der Waals surface area contributed by atoms with Crippen molar-refractivity contribution in [2.24, 2.45) is 0 Å². The fourth-order valence-electron chi connectivity index (χ4n) is 6.41. The van der Waals surface area contributed by atoms with Crippen molar-refractivity contribution < 1.29 is 22.3 Å². The van der Waals surface area contributed by atoms with Crippen LogP contribution >= 0.6 is 0 Å². The lowest BCUT2D eigenvalue weighted by molar-refractivity contribution is 0.398. The molecule has 16 heteroatoms. The average Bonchev–Trinajstić information content (AvgIpc) is 3.22. The molecular formula is C41H29F4N9O3. The number of nitrogens with zero attached hydrogens (tertiary/aromatic N) is 9. The highest BCUT2D eigenvalue weighted by Crippen LogP contribution is 2.29. The summed E-state index contributed by atoms with van der Waals surface area (Å²) in [6.07, 6.45) is 6.87. The van der Waals surface area contributed by atoms with E-state index < -0.39 is 40.9 Å². The van der Waals surface area contributed by atoms with Gasteiger partial charge in [0.05, 0.1) is 43.2 Å². The number of hydrogen-bond acceptors (Lipinski definition) is 10. The summed E-state index contributed by atoms with van der Waals surface area (Å²) >= 11 is 0. The number of benzene rings is 2. The Morgan fingerprint density at radius 3 is 1.79 bits per heavy atom. The summed E-state index contributed by atoms with van der Waals surface area (Å²) in [5.74, 6) is -2.58. The van der Waals surface area contributed by atoms with Gasteiger partial charge in [-0.25, -0.2) is 47.5 Å². The third-order valence-electron chi connectivity index (χ3n) is 9.43. The van der Waals surface area contributed by atoms with Gasteiger partial charge in [0.25, 0.3) is 11.1 Å². The van der Waals surface area contributed by atoms with Gasteiger partial charge in [-0.15, -0.1) is 0 Å². The monoisotopic (exact) mass is 771 g/mol. The Balaban J connectivity index is 0.983. The third-order valence-corrected chi connectivity index (χ3v) is 9.43. The van der Waals surface area contributed by atoms with Crippen molar-refractivity contribution >= 4 is 27.9 Å². The Bertz CT molecular complexity index is 2930. The SMILES string of the molecule is COc1cc(-c2cc(F)c(Cn3cnc4nc(CN(C)c5cc(-c6cc(F)c(Cn7cnc8ncccc8c7=O)c(F)c6)ccn5)ccc4c3=O)c(F)c2)ccn1. The summed E-state index contributed by atoms with van der Waals surface area (Å²) in [6.45, 7) is -0.549. The number of rotatable bonds is 10. The zero-order valence-electron chi connectivity index (χ0n) is 30.2. The second-order valence-electron chi connectivity index (χ2n) is 13.1. The molecular weight excluding hydrogens is 743 g/mol. The first-order valence-electron chi connectivity index (χ1n) is 17.4. The van der Waals surface area contributed by atoms with Crippen LogP contribution < -0.4 is 20.8 Å². The number of ether oxygens (including phenoxy) is 1. The van der Waals surface area contributed by atoms with E-state index in [-0.39, 0.29) is 57.4 Å². The highest BCUT2D eigenvalue weighted by Gasteiger charge is 2.18. The first kappa shape index (κ1) is 36.6. The molecule has 0 radical (unpaired) electrons. The van der Waals surface area contributed by atoms with Crippen LogP contribution in [0, 0.1) is 23.3 Å². The van der Waals surface area contributed by atoms with Crippen LogP contribution in [-0.2, 0) is 19.6 Å². The van der Waals surface area contributed by atoms with Gasteiger partial charge < -0.3 is 9.64 Å². The highest BCUT2D eigenvalue weighted by molar-refractivity contribution is 5.74. The van der Waals surface area contributed by atoms with Gasteiger partial charge in [-0.1, -0.05) is 0 Å². The van der Waals surface area contributed by atoms with E-state index in [1.54, 1.807) is 60.5 Å². The van der Waals surface area contributed by atoms with E-state index in [0.717, 1.165) is 9.13 Å². The summed E-state index contributed by atoms with van der Waals surface area (Å²) in [6, 6.07) is 17.5. The molecule has 0 saturated carbocycles. The van der Waals surface area contributed by atoms with Crippen molar-refractivity contribution in [3.63, 3.8) is 0 Å². The molecule has 0 fully saturated rings. The van der Waals surface area contributed by atoms with Gasteiger partial charge in [0.1, 0.15) is 41.7 Å². The van der Waals surface area contributed by atoms with E-state index in [0.29, 0.717) is 28.5 Å². The number of fused-ring (bicyclic) bond motifs is 2. The summed E-state index contributed by atoms with van der Waals surface area (Å²) < 4.78 is 68.6. The van der Waals surface area contributed by atoms with Crippen LogP contribution in [0.15, 0.2) is 114 Å². The molecule has 12 nitrogen and oxygen atoms in total. The molecule has 0 saturated heterocycles. The average molecular weight is 772 g/mol. The number of anilines is 1. The minimum absolute atomic E-state index is 0.135. The molecule has 6 heterocycles. The number of pyridine rings is 4. The zero-order chi connectivity index (χ0) is 39.8. The Labute approximate surface area is 320 Å². The van der Waals surface area contributed by atoms with E-state index in [2.05, 4.69) is 29.9 Å². The van der Waals surface area contributed by atoms with Gasteiger partial charge in [0.15, 0.2) is 11.3 Å². The van der Waals surface area contributed by atoms with Crippen molar-refractivity contribution in [3.8, 4) is 28.1 Å². The Hall–Kier alpha value is -7.36. The fourth-order valence-corrected chi connectivity index (χ4v) is 6.41. The maximum absolute atomic E-state index is 15.4. The zero-order valence-corrected chi connectivity index (χ0v) is 30.2. The quantitative estimate of drug-likeness (QED) is 0.146. The van der Waals surface area contributed by atoms with Crippen molar-refractivity contribution in [2.45, 2.75) is 19.6 Å². The first-order valence-corrected chi connectivity index (χ1v) is 17.4. The largest absolute Gasteiger partial charge is 0.481 e. The van der Waals surface area contributed by atoms with Crippen LogP contribution in [0.5, 0.6) is 5.88 Å². The second-order valence-corrected chi connectivity index (χ2v) is 13.1. The molecule has 0 aliphatic heterocycles. The number of aromatic nitrogens is 8. The number of hydrogen-bond donors (Lipinski definition) is 0. The van der Waals surface area contributed by atoms with Crippen molar-refractivity contribution in [1.82, 2.24) is 39.0 Å². The van der Waals surface area contributed by atoms with Crippen LogP contribution in [0.4, 0.5) is 23.4 Å². The van der Waals surface area contributed by atoms with E-state index in [1.807, 2.05) is 0 Å². The van der Waals surface area contributed by atoms with E-state index in [9.17, 15) is 9.59 Å². The summed E-state index contributed by atoms with van der Waals surface area (Å²) in [7, 11) is 3.19. The van der Waals surface area contributed by atoms with Crippen LogP contribution in [0.25, 0.3) is 44.3 Å². The molecule has 6 aromatic heterocycles. The molecule has 0 bridgehead atoms. The molecule has 8 rings (SSSR count). The van der Waals surface area contributed by atoms with Gasteiger partial charge >= 0.3 is 0 Å². The molecule has 57 heavy (non-hydrogen) atoms. The van der Waals surface area contributed by atoms with Crippen LogP contribution in [0.2, 0.25) is 0 Å². The lowest BCUT2D eigenvalue weighted by atomic mass is 10.0. The minimum atomic E-state index is -0.836. The standard InChI is InChI=1S/C41H29F4N9O3/c1-52(36-16-23(7-10-46-36)25-12-32(42)30(33(43)13-25)19-53-21-49-38-28(40(53)55)4-3-9-48-38)18-27-5-6-29-39(51-27)50-22-54(41(29)56)20-31-34(44)14-26(15-35(31)45)24-8-11-47-37(17-24)57-2/h3-17,21-22H,18-20H2,1-2H3. The van der Waals surface area contributed by atoms with Gasteiger partial charge in [-0.05, 0) is 89.0 Å². The smallest absolute Gasteiger partial charge is 0.263 e. The molecule has 284 valence electrons. The molecule has 0 atom stereocenters. The molecule has 2 aromatic carbocycles. The molecule has 0 unspecified atom stereocenters. The van der Waals surface area contributed by atoms with Crippen molar-refractivity contribution in [1.29, 1.82) is 0 Å². The molecule has 8 aromatic rings. The number of halogens is 4. The molecule has 0 spiro atoms. The van der Waals surface area contributed by atoms with Crippen molar-refractivity contribution in [3.05, 3.63) is 165 Å². The van der Waals surface area contributed by atoms with Crippen LogP contribution in [0.1, 0.15) is 16.8 Å². The Kier molecular flexibility index (Phi) is 9.67. The van der Waals surface area contributed by atoms with Gasteiger partial charge in [-0.2, -0.15) is 0 Å². The Morgan fingerprint density at radius 1 is 0.614 bits per heavy atom.